The van der Waals surface area contributed by atoms with Gasteiger partial charge in [0.1, 0.15) is 5.82 Å². The molecule has 0 bridgehead atoms. The van der Waals surface area contributed by atoms with Gasteiger partial charge in [0.25, 0.3) is 0 Å². The Hall–Kier alpha value is -3.70. The number of aliphatic imine (C=N–C) groups is 1. The molecule has 0 saturated carbocycles. The third-order valence-corrected chi connectivity index (χ3v) is 6.77. The molecule has 0 unspecified atom stereocenters. The van der Waals surface area contributed by atoms with Gasteiger partial charge < -0.3 is 4.90 Å². The first-order chi connectivity index (χ1) is 16.2. The highest BCUT2D eigenvalue weighted by Gasteiger charge is 2.43. The van der Waals surface area contributed by atoms with Crippen molar-refractivity contribution in [3.05, 3.63) is 132 Å². The summed E-state index contributed by atoms with van der Waals surface area (Å²) < 4.78 is 13.8. The summed E-state index contributed by atoms with van der Waals surface area (Å²) in [5.41, 5.74) is 4.63. The van der Waals surface area contributed by atoms with Gasteiger partial charge in [-0.1, -0.05) is 90.6 Å². The zero-order chi connectivity index (χ0) is 22.6. The maximum Gasteiger partial charge on any atom is 0.162 e. The molecule has 0 spiro atoms. The fourth-order valence-corrected chi connectivity index (χ4v) is 5.38. The van der Waals surface area contributed by atoms with Crippen molar-refractivity contribution in [3.8, 4) is 0 Å². The highest BCUT2D eigenvalue weighted by molar-refractivity contribution is 8.15. The van der Waals surface area contributed by atoms with Crippen LogP contribution >= 0.6 is 11.8 Å². The summed E-state index contributed by atoms with van der Waals surface area (Å²) in [5.74, 6) is -0.275. The topological polar surface area (TPSA) is 39.5 Å². The monoisotopic (exact) mass is 451 g/mol. The van der Waals surface area contributed by atoms with Crippen molar-refractivity contribution in [2.75, 3.05) is 4.90 Å². The number of rotatable bonds is 5. The van der Waals surface area contributed by atoms with E-state index in [1.54, 1.807) is 0 Å². The van der Waals surface area contributed by atoms with Crippen LogP contribution in [0.15, 0.2) is 120 Å². The minimum Gasteiger partial charge on any atom is -0.312 e. The minimum atomic E-state index is -0.275. The Kier molecular flexibility index (Phi) is 6.05. The number of benzene rings is 4. The fourth-order valence-electron chi connectivity index (χ4n) is 4.10. The van der Waals surface area contributed by atoms with Crippen LogP contribution < -0.4 is 4.90 Å². The molecule has 5 heteroatoms. The zero-order valence-electron chi connectivity index (χ0n) is 17.8. The van der Waals surface area contributed by atoms with Crippen LogP contribution in [-0.2, 0) is 0 Å². The van der Waals surface area contributed by atoms with Crippen molar-refractivity contribution in [3.63, 3.8) is 0 Å². The van der Waals surface area contributed by atoms with Crippen LogP contribution in [0.3, 0.4) is 0 Å². The molecule has 0 radical (unpaired) electrons. The van der Waals surface area contributed by atoms with Gasteiger partial charge in [0.15, 0.2) is 5.17 Å². The molecule has 5 rings (SSSR count). The third kappa shape index (κ3) is 4.45. The van der Waals surface area contributed by atoms with Gasteiger partial charge in [0.05, 0.1) is 22.7 Å². The number of nitrogens with zero attached hydrogens (tertiary/aromatic N) is 2. The van der Waals surface area contributed by atoms with E-state index in [1.807, 2.05) is 95.9 Å². The number of para-hydroxylation sites is 2. The van der Waals surface area contributed by atoms with E-state index >= 15 is 0 Å². The molecule has 1 aliphatic rings. The summed E-state index contributed by atoms with van der Waals surface area (Å²) in [4.78, 5) is 7.08. The molecule has 162 valence electrons. The summed E-state index contributed by atoms with van der Waals surface area (Å²) in [6.07, 6.45) is 0. The molecule has 33 heavy (non-hydrogen) atoms. The van der Waals surface area contributed by atoms with E-state index in [0.717, 1.165) is 28.2 Å². The van der Waals surface area contributed by atoms with Crippen LogP contribution in [0.1, 0.15) is 17.2 Å². The van der Waals surface area contributed by atoms with Gasteiger partial charge in [-0.25, -0.2) is 4.39 Å². The first-order valence-corrected chi connectivity index (χ1v) is 11.6. The number of thioether (sulfide) groups is 1. The lowest BCUT2D eigenvalue weighted by atomic mass is 9.95. The average molecular weight is 452 g/mol. The molecular weight excluding hydrogens is 429 g/mol. The molecule has 2 atom stereocenters. The van der Waals surface area contributed by atoms with E-state index in [4.69, 9.17) is 10.4 Å². The molecule has 3 nitrogen and oxygen atoms in total. The number of nitrogens with one attached hydrogen (secondary N) is 1. The molecule has 1 heterocycles. The predicted molar refractivity (Wildman–Crippen MR) is 136 cm³/mol. The standard InChI is InChI=1S/C28H22FN3S/c29-22-18-16-21(17-19-22)26-27(33-28(30)32(26)24-14-8-3-9-15-24)25(20-10-4-1-5-11-20)31-23-12-6-2-7-13-23/h1-19,26-27,30H/t26-,27-/m0/s1. The van der Waals surface area contributed by atoms with E-state index in [1.165, 1.54) is 23.9 Å². The summed E-state index contributed by atoms with van der Waals surface area (Å²) in [5, 5.41) is 9.17. The van der Waals surface area contributed by atoms with Crippen molar-refractivity contribution >= 4 is 34.0 Å². The second-order valence-electron chi connectivity index (χ2n) is 7.74. The van der Waals surface area contributed by atoms with Gasteiger partial charge in [-0.2, -0.15) is 0 Å². The average Bonchev–Trinajstić information content (AvgIpc) is 3.21. The van der Waals surface area contributed by atoms with Crippen LogP contribution in [0.5, 0.6) is 0 Å². The van der Waals surface area contributed by atoms with Gasteiger partial charge in [-0.05, 0) is 47.5 Å². The van der Waals surface area contributed by atoms with E-state index in [0.29, 0.717) is 5.17 Å². The highest BCUT2D eigenvalue weighted by atomic mass is 32.2. The smallest absolute Gasteiger partial charge is 0.162 e. The van der Waals surface area contributed by atoms with Gasteiger partial charge in [0, 0.05) is 5.69 Å². The van der Waals surface area contributed by atoms with Crippen molar-refractivity contribution < 1.29 is 4.39 Å². The first-order valence-electron chi connectivity index (χ1n) is 10.7. The Labute approximate surface area is 197 Å². The van der Waals surface area contributed by atoms with Crippen LogP contribution in [0, 0.1) is 11.2 Å². The van der Waals surface area contributed by atoms with E-state index in [2.05, 4.69) is 12.1 Å². The van der Waals surface area contributed by atoms with Crippen LogP contribution in [-0.4, -0.2) is 16.1 Å². The molecular formula is C28H22FN3S. The van der Waals surface area contributed by atoms with E-state index < -0.39 is 0 Å². The lowest BCUT2D eigenvalue weighted by Crippen LogP contribution is -2.33. The number of anilines is 1. The summed E-state index contributed by atoms with van der Waals surface area (Å²) in [6.45, 7) is 0. The molecule has 1 aliphatic heterocycles. The Morgan fingerprint density at radius 3 is 1.97 bits per heavy atom. The molecule has 0 amide bonds. The molecule has 4 aromatic rings. The summed E-state index contributed by atoms with van der Waals surface area (Å²) >= 11 is 1.48. The maximum atomic E-state index is 13.8. The predicted octanol–water partition coefficient (Wildman–Crippen LogP) is 7.24. The van der Waals surface area contributed by atoms with Crippen molar-refractivity contribution in [1.29, 1.82) is 5.41 Å². The Bertz CT molecular complexity index is 1260. The van der Waals surface area contributed by atoms with Gasteiger partial charge >= 0.3 is 0 Å². The van der Waals surface area contributed by atoms with Crippen LogP contribution in [0.4, 0.5) is 15.8 Å². The van der Waals surface area contributed by atoms with E-state index in [9.17, 15) is 4.39 Å². The first kappa shape index (κ1) is 21.2. The van der Waals surface area contributed by atoms with E-state index in [-0.39, 0.29) is 17.1 Å². The second-order valence-corrected chi connectivity index (χ2v) is 8.87. The Morgan fingerprint density at radius 1 is 0.758 bits per heavy atom. The minimum absolute atomic E-state index is 0.161. The second kappa shape index (κ2) is 9.43. The SMILES string of the molecule is N=C1S[C@@H](C(=Nc2ccccc2)c2ccccc2)[C@H](c2ccc(F)cc2)N1c1ccccc1. The fraction of sp³-hybridized carbons (Fsp3) is 0.0714. The molecule has 4 aromatic carbocycles. The Morgan fingerprint density at radius 2 is 1.33 bits per heavy atom. The third-order valence-electron chi connectivity index (χ3n) is 5.61. The zero-order valence-corrected chi connectivity index (χ0v) is 18.6. The number of hydrogen-bond acceptors (Lipinski definition) is 3. The maximum absolute atomic E-state index is 13.8. The number of amidine groups is 1. The normalized spacial score (nSPS) is 18.5. The quantitative estimate of drug-likeness (QED) is 0.325. The lowest BCUT2D eigenvalue weighted by molar-refractivity contribution is 0.625. The lowest BCUT2D eigenvalue weighted by Gasteiger charge is -2.29. The molecule has 1 saturated heterocycles. The summed E-state index contributed by atoms with van der Waals surface area (Å²) in [6, 6.07) is 36.3. The molecule has 0 aliphatic carbocycles. The number of halogens is 1. The summed E-state index contributed by atoms with van der Waals surface area (Å²) in [7, 11) is 0. The number of hydrogen-bond donors (Lipinski definition) is 1. The largest absolute Gasteiger partial charge is 0.312 e. The van der Waals surface area contributed by atoms with Crippen molar-refractivity contribution in [2.45, 2.75) is 11.3 Å². The van der Waals surface area contributed by atoms with Gasteiger partial charge in [-0.3, -0.25) is 10.4 Å². The highest BCUT2D eigenvalue weighted by Crippen LogP contribution is 2.46. The Balaban J connectivity index is 1.68. The van der Waals surface area contributed by atoms with Crippen LogP contribution in [0.2, 0.25) is 0 Å². The van der Waals surface area contributed by atoms with Crippen LogP contribution in [0.25, 0.3) is 0 Å². The van der Waals surface area contributed by atoms with Crippen molar-refractivity contribution in [1.82, 2.24) is 0 Å². The molecule has 0 aromatic heterocycles. The van der Waals surface area contributed by atoms with Crippen molar-refractivity contribution in [2.24, 2.45) is 4.99 Å². The molecule has 1 N–H and O–H groups in total. The van der Waals surface area contributed by atoms with Gasteiger partial charge in [0.2, 0.25) is 0 Å². The molecule has 1 fully saturated rings. The van der Waals surface area contributed by atoms with Gasteiger partial charge in [-0.15, -0.1) is 0 Å².